The van der Waals surface area contributed by atoms with Gasteiger partial charge in [-0.25, -0.2) is 0 Å². The van der Waals surface area contributed by atoms with Crippen LogP contribution in [0, 0.1) is 12.3 Å². The Bertz CT molecular complexity index is 1900. The summed E-state index contributed by atoms with van der Waals surface area (Å²) in [6, 6.07) is 24.3. The Kier molecular flexibility index (Phi) is 8.08. The number of hydrogen-bond donors (Lipinski definition) is 3. The van der Waals surface area contributed by atoms with Crippen LogP contribution in [-0.4, -0.2) is 16.6 Å². The topological polar surface area (TPSA) is 87.2 Å². The van der Waals surface area contributed by atoms with E-state index in [1.807, 2.05) is 48.6 Å². The van der Waals surface area contributed by atoms with Crippen LogP contribution in [0.1, 0.15) is 50.3 Å². The summed E-state index contributed by atoms with van der Waals surface area (Å²) in [7, 11) is 0. The molecule has 0 heterocycles. The number of allylic oxidation sites excluding steroid dienone is 10. The Morgan fingerprint density at radius 1 is 0.857 bits per heavy atom. The average molecular weight is 553 g/mol. The standard InChI is InChI=1S/C38H36N2O2/c1-23(31-14-6-12-28-13-8-16-34(40)38(28)31)17-18-29-19-20-30(37(29)36(25(3)41)26(4)42)21-22-33(39)32-15-7-11-27-10-5-9-24(2)35(27)32/h5-18,21-22,39,41H,19-20,40H2,1-4H3/b22-21?,23-17+,29-18-,36-25?,39-33?. The van der Waals surface area contributed by atoms with Crippen molar-refractivity contribution in [2.45, 2.75) is 40.5 Å². The Labute approximate surface area is 247 Å². The van der Waals surface area contributed by atoms with E-state index in [4.69, 9.17) is 11.1 Å². The van der Waals surface area contributed by atoms with E-state index < -0.39 is 0 Å². The molecule has 1 aliphatic rings. The molecule has 210 valence electrons. The molecular formula is C38H36N2O2. The quantitative estimate of drug-likeness (QED) is 0.0924. The summed E-state index contributed by atoms with van der Waals surface area (Å²) in [5.41, 5.74) is 14.6. The fourth-order valence-electron chi connectivity index (χ4n) is 6.03. The summed E-state index contributed by atoms with van der Waals surface area (Å²) in [5.74, 6) is -0.190. The van der Waals surface area contributed by atoms with Crippen molar-refractivity contribution in [3.63, 3.8) is 0 Å². The second-order valence-corrected chi connectivity index (χ2v) is 10.9. The number of carbonyl (C=O) groups excluding carboxylic acids is 1. The monoisotopic (exact) mass is 552 g/mol. The second-order valence-electron chi connectivity index (χ2n) is 10.9. The number of nitrogen functional groups attached to an aromatic ring is 1. The molecule has 4 aromatic carbocycles. The third kappa shape index (κ3) is 5.48. The van der Waals surface area contributed by atoms with Crippen LogP contribution in [0.4, 0.5) is 5.69 Å². The van der Waals surface area contributed by atoms with Gasteiger partial charge in [-0.15, -0.1) is 0 Å². The first-order valence-corrected chi connectivity index (χ1v) is 14.2. The van der Waals surface area contributed by atoms with E-state index in [1.165, 1.54) is 6.92 Å². The summed E-state index contributed by atoms with van der Waals surface area (Å²) in [4.78, 5) is 12.8. The number of aliphatic hydroxyl groups is 1. The SMILES string of the molecule is CC(=O)C(=C(C)O)C1=C(C=CC(=N)c2cccc3cccc(C)c23)CC/C1=C/C=C(\C)c1cccc2cccc(N)c12. The van der Waals surface area contributed by atoms with Gasteiger partial charge in [0.15, 0.2) is 5.78 Å². The number of nitrogens with one attached hydrogen (secondary N) is 1. The first-order valence-electron chi connectivity index (χ1n) is 14.2. The summed E-state index contributed by atoms with van der Waals surface area (Å²) in [5, 5.41) is 23.8. The van der Waals surface area contributed by atoms with Crippen LogP contribution in [0.2, 0.25) is 0 Å². The van der Waals surface area contributed by atoms with Crippen molar-refractivity contribution < 1.29 is 9.90 Å². The molecule has 5 rings (SSSR count). The van der Waals surface area contributed by atoms with E-state index >= 15 is 0 Å². The average Bonchev–Trinajstić information content (AvgIpc) is 3.35. The van der Waals surface area contributed by atoms with Crippen LogP contribution in [0.15, 0.2) is 125 Å². The maximum Gasteiger partial charge on any atom is 0.163 e. The maximum atomic E-state index is 12.8. The molecule has 0 amide bonds. The number of Topliss-reactive ketones (excluding diaryl/α,β-unsaturated/α-hetero) is 1. The zero-order chi connectivity index (χ0) is 30.0. The van der Waals surface area contributed by atoms with Crippen LogP contribution >= 0.6 is 0 Å². The van der Waals surface area contributed by atoms with Gasteiger partial charge in [0, 0.05) is 16.6 Å². The summed E-state index contributed by atoms with van der Waals surface area (Å²) >= 11 is 0. The molecule has 0 saturated heterocycles. The van der Waals surface area contributed by atoms with Crippen molar-refractivity contribution in [1.29, 1.82) is 5.41 Å². The van der Waals surface area contributed by atoms with Crippen LogP contribution in [0.25, 0.3) is 27.1 Å². The van der Waals surface area contributed by atoms with E-state index in [0.29, 0.717) is 17.7 Å². The minimum atomic E-state index is -0.189. The second kappa shape index (κ2) is 11.9. The van der Waals surface area contributed by atoms with E-state index in [2.05, 4.69) is 62.4 Å². The number of aliphatic hydroxyl groups excluding tert-OH is 1. The minimum absolute atomic E-state index is 0.00140. The highest BCUT2D eigenvalue weighted by Gasteiger charge is 2.25. The van der Waals surface area contributed by atoms with Gasteiger partial charge in [-0.2, -0.15) is 0 Å². The molecule has 4 nitrogen and oxygen atoms in total. The zero-order valence-corrected chi connectivity index (χ0v) is 24.6. The molecule has 0 radical (unpaired) electrons. The molecule has 42 heavy (non-hydrogen) atoms. The first-order chi connectivity index (χ1) is 20.2. The molecule has 4 heteroatoms. The van der Waals surface area contributed by atoms with Crippen molar-refractivity contribution in [3.05, 3.63) is 142 Å². The van der Waals surface area contributed by atoms with Crippen molar-refractivity contribution in [2.75, 3.05) is 5.73 Å². The van der Waals surface area contributed by atoms with Crippen molar-refractivity contribution >= 4 is 44.3 Å². The Balaban J connectivity index is 1.57. The van der Waals surface area contributed by atoms with Crippen molar-refractivity contribution in [1.82, 2.24) is 0 Å². The van der Waals surface area contributed by atoms with Crippen LogP contribution < -0.4 is 5.73 Å². The molecule has 0 atom stereocenters. The Morgan fingerprint density at radius 3 is 2.14 bits per heavy atom. The largest absolute Gasteiger partial charge is 0.512 e. The summed E-state index contributed by atoms with van der Waals surface area (Å²) in [6.45, 7) is 7.17. The van der Waals surface area contributed by atoms with Gasteiger partial charge in [0.2, 0.25) is 0 Å². The molecule has 0 saturated carbocycles. The number of benzene rings is 4. The van der Waals surface area contributed by atoms with Gasteiger partial charge in [0.05, 0.1) is 11.3 Å². The van der Waals surface area contributed by atoms with Gasteiger partial charge in [0.1, 0.15) is 5.76 Å². The van der Waals surface area contributed by atoms with Crippen LogP contribution in [-0.2, 0) is 4.79 Å². The van der Waals surface area contributed by atoms with Crippen LogP contribution in [0.5, 0.6) is 0 Å². The minimum Gasteiger partial charge on any atom is -0.512 e. The van der Waals surface area contributed by atoms with Crippen molar-refractivity contribution in [2.24, 2.45) is 0 Å². The highest BCUT2D eigenvalue weighted by atomic mass is 16.3. The number of hydrogen-bond acceptors (Lipinski definition) is 4. The van der Waals surface area contributed by atoms with Gasteiger partial charge in [-0.3, -0.25) is 4.79 Å². The van der Waals surface area contributed by atoms with Gasteiger partial charge >= 0.3 is 0 Å². The molecular weight excluding hydrogens is 516 g/mol. The molecule has 0 fully saturated rings. The lowest BCUT2D eigenvalue weighted by atomic mass is 9.92. The number of nitrogens with two attached hydrogens (primary N) is 1. The first kappa shape index (κ1) is 28.6. The van der Waals surface area contributed by atoms with E-state index in [0.717, 1.165) is 72.6 Å². The smallest absolute Gasteiger partial charge is 0.163 e. The summed E-state index contributed by atoms with van der Waals surface area (Å²) in [6.07, 6.45) is 9.29. The Hall–Kier alpha value is -4.96. The molecule has 0 bridgehead atoms. The Morgan fingerprint density at radius 2 is 1.48 bits per heavy atom. The maximum absolute atomic E-state index is 12.8. The lowest BCUT2D eigenvalue weighted by Crippen LogP contribution is -2.05. The predicted molar refractivity (Wildman–Crippen MR) is 177 cm³/mol. The third-order valence-corrected chi connectivity index (χ3v) is 8.02. The van der Waals surface area contributed by atoms with E-state index in [9.17, 15) is 9.90 Å². The number of fused-ring (bicyclic) bond motifs is 2. The van der Waals surface area contributed by atoms with Gasteiger partial charge in [0.25, 0.3) is 0 Å². The highest BCUT2D eigenvalue weighted by Crippen LogP contribution is 2.39. The molecule has 1 aliphatic carbocycles. The molecule has 0 spiro atoms. The van der Waals surface area contributed by atoms with E-state index in [-0.39, 0.29) is 11.5 Å². The number of rotatable bonds is 7. The van der Waals surface area contributed by atoms with Crippen LogP contribution in [0.3, 0.4) is 0 Å². The van der Waals surface area contributed by atoms with Gasteiger partial charge in [-0.05, 0) is 102 Å². The summed E-state index contributed by atoms with van der Waals surface area (Å²) < 4.78 is 0. The number of anilines is 1. The molecule has 0 aromatic heterocycles. The van der Waals surface area contributed by atoms with E-state index in [1.54, 1.807) is 6.92 Å². The van der Waals surface area contributed by atoms with Crippen molar-refractivity contribution in [3.8, 4) is 0 Å². The number of aryl methyl sites for hydroxylation is 1. The molecule has 4 N–H and O–H groups in total. The lowest BCUT2D eigenvalue weighted by Gasteiger charge is -2.12. The third-order valence-electron chi connectivity index (χ3n) is 8.02. The van der Waals surface area contributed by atoms with Gasteiger partial charge in [-0.1, -0.05) is 85.0 Å². The fraction of sp³-hybridized carbons (Fsp3) is 0.158. The fourth-order valence-corrected chi connectivity index (χ4v) is 6.03. The molecule has 0 aliphatic heterocycles. The normalized spacial score (nSPS) is 15.7. The zero-order valence-electron chi connectivity index (χ0n) is 24.6. The molecule has 0 unspecified atom stereocenters. The predicted octanol–water partition coefficient (Wildman–Crippen LogP) is 9.35. The lowest BCUT2D eigenvalue weighted by molar-refractivity contribution is -0.113. The highest BCUT2D eigenvalue weighted by molar-refractivity contribution is 6.15. The molecule has 4 aromatic rings. The number of carbonyl (C=O) groups is 1. The number of ketones is 1. The van der Waals surface area contributed by atoms with Gasteiger partial charge < -0.3 is 16.2 Å².